The summed E-state index contributed by atoms with van der Waals surface area (Å²) in [7, 11) is -3.40. The van der Waals surface area contributed by atoms with Crippen LogP contribution in [0.2, 0.25) is 0 Å². The molecule has 3 aromatic rings. The maximum atomic E-state index is 12.4. The van der Waals surface area contributed by atoms with Crippen LogP contribution in [0.1, 0.15) is 30.9 Å². The number of rotatable bonds is 8. The van der Waals surface area contributed by atoms with Gasteiger partial charge in [-0.25, -0.2) is 8.42 Å². The van der Waals surface area contributed by atoms with E-state index in [1.165, 1.54) is 16.9 Å². The number of nitrogens with zero attached hydrogens (tertiary/aromatic N) is 2. The summed E-state index contributed by atoms with van der Waals surface area (Å²) in [6, 6.07) is 13.0. The summed E-state index contributed by atoms with van der Waals surface area (Å²) in [5.74, 6) is -0.384. The number of thiazole rings is 1. The minimum atomic E-state index is -3.40. The van der Waals surface area contributed by atoms with Crippen molar-refractivity contribution in [1.82, 2.24) is 4.57 Å². The van der Waals surface area contributed by atoms with Gasteiger partial charge in [-0.15, -0.1) is 6.58 Å². The number of aromatic nitrogens is 1. The van der Waals surface area contributed by atoms with Crippen molar-refractivity contribution >= 4 is 37.3 Å². The second-order valence-corrected chi connectivity index (χ2v) is 10.3. The van der Waals surface area contributed by atoms with Gasteiger partial charge in [-0.2, -0.15) is 4.99 Å². The van der Waals surface area contributed by atoms with E-state index in [4.69, 9.17) is 0 Å². The van der Waals surface area contributed by atoms with Crippen LogP contribution in [0.25, 0.3) is 10.2 Å². The van der Waals surface area contributed by atoms with E-state index in [-0.39, 0.29) is 29.4 Å². The highest BCUT2D eigenvalue weighted by atomic mass is 32.2. The number of hydrogen-bond acceptors (Lipinski definition) is 4. The predicted molar refractivity (Wildman–Crippen MR) is 122 cm³/mol. The minimum Gasteiger partial charge on any atom is -0.313 e. The topological polar surface area (TPSA) is 68.5 Å². The molecule has 0 radical (unpaired) electrons. The Morgan fingerprint density at radius 1 is 1.20 bits per heavy atom. The highest BCUT2D eigenvalue weighted by Crippen LogP contribution is 2.20. The zero-order valence-corrected chi connectivity index (χ0v) is 18.9. The van der Waals surface area contributed by atoms with E-state index < -0.39 is 9.84 Å². The number of hydrogen-bond donors (Lipinski definition) is 0. The molecule has 0 fully saturated rings. The van der Waals surface area contributed by atoms with Crippen LogP contribution in [0, 0.1) is 6.92 Å². The van der Waals surface area contributed by atoms with E-state index in [1.54, 1.807) is 30.3 Å². The van der Waals surface area contributed by atoms with Crippen LogP contribution in [0.15, 0.2) is 65.0 Å². The number of carbonyl (C=O) groups excluding carboxylic acids is 1. The lowest BCUT2D eigenvalue weighted by Crippen LogP contribution is -2.16. The zero-order valence-electron chi connectivity index (χ0n) is 17.3. The smallest absolute Gasteiger partial charge is 0.248 e. The standard InChI is InChI=1S/C23H26N2O3S2/c1-4-14-25-20-13-10-18(5-2)16-21(20)29-23(25)24-22(26)7-6-15-30(27,28)19-11-8-17(3)9-12-19/h4,8-13,16H,1,5-7,14-15H2,2-3H3. The summed E-state index contributed by atoms with van der Waals surface area (Å²) >= 11 is 1.47. The maximum absolute atomic E-state index is 12.4. The third kappa shape index (κ3) is 5.15. The molecule has 0 N–H and O–H groups in total. The van der Waals surface area contributed by atoms with Gasteiger partial charge in [-0.05, 0) is 49.6 Å². The summed E-state index contributed by atoms with van der Waals surface area (Å²) in [6.07, 6.45) is 3.05. The van der Waals surface area contributed by atoms with Crippen LogP contribution in [0.4, 0.5) is 0 Å². The molecule has 30 heavy (non-hydrogen) atoms. The quantitative estimate of drug-likeness (QED) is 0.484. The summed E-state index contributed by atoms with van der Waals surface area (Å²) in [6.45, 7) is 8.36. The Morgan fingerprint density at radius 2 is 1.93 bits per heavy atom. The first kappa shape index (κ1) is 22.2. The summed E-state index contributed by atoms with van der Waals surface area (Å²) < 4.78 is 27.9. The number of amides is 1. The van der Waals surface area contributed by atoms with Gasteiger partial charge in [-0.1, -0.05) is 48.1 Å². The fraction of sp³-hybridized carbons (Fsp3) is 0.304. The maximum Gasteiger partial charge on any atom is 0.248 e. The van der Waals surface area contributed by atoms with Crippen molar-refractivity contribution in [3.63, 3.8) is 0 Å². The molecule has 3 rings (SSSR count). The highest BCUT2D eigenvalue weighted by molar-refractivity contribution is 7.91. The van der Waals surface area contributed by atoms with Crippen molar-refractivity contribution < 1.29 is 13.2 Å². The van der Waals surface area contributed by atoms with Crippen LogP contribution in [0.5, 0.6) is 0 Å². The van der Waals surface area contributed by atoms with Gasteiger partial charge >= 0.3 is 0 Å². The van der Waals surface area contributed by atoms with E-state index in [0.29, 0.717) is 11.3 Å². The average Bonchev–Trinajstić information content (AvgIpc) is 3.04. The molecule has 7 heteroatoms. The fourth-order valence-electron chi connectivity index (χ4n) is 3.17. The Hall–Kier alpha value is -2.51. The van der Waals surface area contributed by atoms with Crippen LogP contribution in [-0.4, -0.2) is 24.6 Å². The van der Waals surface area contributed by atoms with Gasteiger partial charge in [0.1, 0.15) is 0 Å². The van der Waals surface area contributed by atoms with Crippen LogP contribution < -0.4 is 4.80 Å². The summed E-state index contributed by atoms with van der Waals surface area (Å²) in [5.41, 5.74) is 3.25. The van der Waals surface area contributed by atoms with E-state index >= 15 is 0 Å². The van der Waals surface area contributed by atoms with Crippen molar-refractivity contribution in [2.24, 2.45) is 4.99 Å². The van der Waals surface area contributed by atoms with Crippen molar-refractivity contribution in [2.75, 3.05) is 5.75 Å². The van der Waals surface area contributed by atoms with Gasteiger partial charge in [0.15, 0.2) is 14.6 Å². The molecule has 0 spiro atoms. The van der Waals surface area contributed by atoms with Crippen molar-refractivity contribution in [2.45, 2.75) is 44.6 Å². The van der Waals surface area contributed by atoms with Crippen LogP contribution >= 0.6 is 11.3 Å². The van der Waals surface area contributed by atoms with Crippen molar-refractivity contribution in [3.05, 3.63) is 71.0 Å². The van der Waals surface area contributed by atoms with E-state index in [9.17, 15) is 13.2 Å². The van der Waals surface area contributed by atoms with Crippen molar-refractivity contribution in [3.8, 4) is 0 Å². The lowest BCUT2D eigenvalue weighted by Gasteiger charge is -2.04. The van der Waals surface area contributed by atoms with Gasteiger partial charge in [0, 0.05) is 13.0 Å². The lowest BCUT2D eigenvalue weighted by atomic mass is 10.2. The first-order valence-corrected chi connectivity index (χ1v) is 12.4. The third-order valence-electron chi connectivity index (χ3n) is 4.87. The molecule has 0 aliphatic carbocycles. The SMILES string of the molecule is C=CCn1c(=NC(=O)CCCS(=O)(=O)c2ccc(C)cc2)sc2cc(CC)ccc21. The van der Waals surface area contributed by atoms with E-state index in [2.05, 4.69) is 30.6 Å². The molecular weight excluding hydrogens is 416 g/mol. The lowest BCUT2D eigenvalue weighted by molar-refractivity contribution is -0.118. The Labute approximate surface area is 181 Å². The number of fused-ring (bicyclic) bond motifs is 1. The monoisotopic (exact) mass is 442 g/mol. The van der Waals surface area contributed by atoms with Gasteiger partial charge in [0.2, 0.25) is 5.91 Å². The Balaban J connectivity index is 1.76. The zero-order chi connectivity index (χ0) is 21.7. The van der Waals surface area contributed by atoms with Gasteiger partial charge in [0.05, 0.1) is 20.9 Å². The summed E-state index contributed by atoms with van der Waals surface area (Å²) in [4.78, 5) is 17.6. The van der Waals surface area contributed by atoms with E-state index in [1.807, 2.05) is 17.6 Å². The molecule has 0 bridgehead atoms. The normalized spacial score (nSPS) is 12.4. The van der Waals surface area contributed by atoms with Gasteiger partial charge in [0.25, 0.3) is 0 Å². The Kier molecular flexibility index (Phi) is 7.05. The number of sulfone groups is 1. The number of aryl methyl sites for hydroxylation is 2. The second kappa shape index (κ2) is 9.53. The van der Waals surface area contributed by atoms with Crippen LogP contribution in [-0.2, 0) is 27.6 Å². The fourth-order valence-corrected chi connectivity index (χ4v) is 5.60. The largest absolute Gasteiger partial charge is 0.313 e. The van der Waals surface area contributed by atoms with Crippen molar-refractivity contribution in [1.29, 1.82) is 0 Å². The molecule has 2 aromatic carbocycles. The number of allylic oxidation sites excluding steroid dienone is 1. The number of carbonyl (C=O) groups is 1. The van der Waals surface area contributed by atoms with Gasteiger partial charge in [-0.3, -0.25) is 4.79 Å². The molecule has 0 unspecified atom stereocenters. The molecule has 0 saturated carbocycles. The molecule has 0 saturated heterocycles. The molecule has 0 atom stereocenters. The summed E-state index contributed by atoms with van der Waals surface area (Å²) in [5, 5.41) is 0. The molecule has 5 nitrogen and oxygen atoms in total. The molecule has 0 aliphatic rings. The van der Waals surface area contributed by atoms with Gasteiger partial charge < -0.3 is 4.57 Å². The first-order chi connectivity index (χ1) is 14.3. The minimum absolute atomic E-state index is 0.0732. The third-order valence-corrected chi connectivity index (χ3v) is 7.73. The Bertz CT molecular complexity index is 1230. The Morgan fingerprint density at radius 3 is 2.60 bits per heavy atom. The molecule has 0 aliphatic heterocycles. The van der Waals surface area contributed by atoms with E-state index in [0.717, 1.165) is 22.2 Å². The predicted octanol–water partition coefficient (Wildman–Crippen LogP) is 4.44. The second-order valence-electron chi connectivity index (χ2n) is 7.18. The molecule has 1 aromatic heterocycles. The molecule has 158 valence electrons. The average molecular weight is 443 g/mol. The van der Waals surface area contributed by atoms with Crippen LogP contribution in [0.3, 0.4) is 0 Å². The first-order valence-electron chi connectivity index (χ1n) is 9.94. The molecule has 1 heterocycles. The highest BCUT2D eigenvalue weighted by Gasteiger charge is 2.15. The molecule has 1 amide bonds. The number of benzene rings is 2. The molecular formula is C23H26N2O3S2.